The number of rotatable bonds is 4. The number of nitrogens with zero attached hydrogens (tertiary/aromatic N) is 2. The third kappa shape index (κ3) is 3.79. The first-order valence-corrected chi connectivity index (χ1v) is 10.1. The number of fused-ring (bicyclic) bond motifs is 1. The van der Waals surface area contributed by atoms with Crippen molar-refractivity contribution >= 4 is 55.7 Å². The van der Waals surface area contributed by atoms with Gasteiger partial charge in [-0.05, 0) is 46.4 Å². The Morgan fingerprint density at radius 1 is 1.11 bits per heavy atom. The van der Waals surface area contributed by atoms with E-state index in [1.807, 2.05) is 60.7 Å². The smallest absolute Gasteiger partial charge is 0.262 e. The van der Waals surface area contributed by atoms with Crippen molar-refractivity contribution in [2.24, 2.45) is 0 Å². The van der Waals surface area contributed by atoms with Crippen LogP contribution in [-0.2, 0) is 11.3 Å². The van der Waals surface area contributed by atoms with Crippen molar-refractivity contribution in [3.63, 3.8) is 0 Å². The normalized spacial score (nSPS) is 10.9. The molecule has 0 spiro atoms. The zero-order chi connectivity index (χ0) is 18.8. The van der Waals surface area contributed by atoms with E-state index in [0.717, 1.165) is 19.7 Å². The molecule has 0 fully saturated rings. The minimum atomic E-state index is -0.263. The second kappa shape index (κ2) is 7.61. The Bertz CT molecular complexity index is 1180. The lowest BCUT2D eigenvalue weighted by molar-refractivity contribution is -0.116. The number of nitrogens with one attached hydrogen (secondary N) is 1. The van der Waals surface area contributed by atoms with E-state index in [-0.39, 0.29) is 18.0 Å². The fourth-order valence-electron chi connectivity index (χ4n) is 2.72. The molecule has 2 aromatic heterocycles. The molecule has 1 N–H and O–H groups in total. The van der Waals surface area contributed by atoms with E-state index < -0.39 is 0 Å². The number of anilines is 1. The molecule has 0 unspecified atom stereocenters. The standard InChI is InChI=1S/C20H14IN3O2S/c21-15-8-4-5-9-16(15)23-18(25)11-24-12-22-19-14(20(24)26)10-17(27-19)13-6-2-1-3-7-13/h1-10,12H,11H2,(H,23,25). The quantitative estimate of drug-likeness (QED) is 0.435. The number of benzene rings is 2. The van der Waals surface area contributed by atoms with Crippen LogP contribution in [0, 0.1) is 3.57 Å². The van der Waals surface area contributed by atoms with Crippen LogP contribution in [0.4, 0.5) is 5.69 Å². The molecule has 2 aromatic carbocycles. The highest BCUT2D eigenvalue weighted by Gasteiger charge is 2.13. The molecule has 0 aliphatic carbocycles. The Morgan fingerprint density at radius 3 is 2.63 bits per heavy atom. The van der Waals surface area contributed by atoms with Gasteiger partial charge < -0.3 is 5.32 Å². The summed E-state index contributed by atoms with van der Waals surface area (Å²) in [6, 6.07) is 19.2. The van der Waals surface area contributed by atoms with Crippen molar-refractivity contribution in [2.45, 2.75) is 6.54 Å². The van der Waals surface area contributed by atoms with Gasteiger partial charge in [0, 0.05) is 8.45 Å². The largest absolute Gasteiger partial charge is 0.324 e. The molecular formula is C20H14IN3O2S. The van der Waals surface area contributed by atoms with Crippen LogP contribution in [0.2, 0.25) is 0 Å². The first kappa shape index (κ1) is 17.9. The van der Waals surface area contributed by atoms with Crippen LogP contribution in [-0.4, -0.2) is 15.5 Å². The molecule has 5 nitrogen and oxygen atoms in total. The number of amides is 1. The van der Waals surface area contributed by atoms with Gasteiger partial charge in [-0.2, -0.15) is 0 Å². The third-order valence-corrected chi connectivity index (χ3v) is 6.07. The molecule has 134 valence electrons. The van der Waals surface area contributed by atoms with Crippen LogP contribution in [0.3, 0.4) is 0 Å². The van der Waals surface area contributed by atoms with Crippen molar-refractivity contribution < 1.29 is 4.79 Å². The molecule has 7 heteroatoms. The highest BCUT2D eigenvalue weighted by atomic mass is 127. The maximum absolute atomic E-state index is 12.8. The fourth-order valence-corrected chi connectivity index (χ4v) is 4.24. The summed E-state index contributed by atoms with van der Waals surface area (Å²) in [5, 5.41) is 3.36. The Balaban J connectivity index is 1.61. The summed E-state index contributed by atoms with van der Waals surface area (Å²) in [6.45, 7) is -0.0801. The summed E-state index contributed by atoms with van der Waals surface area (Å²) in [7, 11) is 0. The number of aromatic nitrogens is 2. The number of thiophene rings is 1. The molecule has 0 atom stereocenters. The van der Waals surface area contributed by atoms with Crippen molar-refractivity contribution in [3.8, 4) is 10.4 Å². The first-order valence-electron chi connectivity index (χ1n) is 8.20. The van der Waals surface area contributed by atoms with Gasteiger partial charge in [0.1, 0.15) is 11.4 Å². The van der Waals surface area contributed by atoms with Gasteiger partial charge >= 0.3 is 0 Å². The molecule has 2 heterocycles. The van der Waals surface area contributed by atoms with E-state index in [1.54, 1.807) is 0 Å². The van der Waals surface area contributed by atoms with Gasteiger partial charge in [-0.1, -0.05) is 42.5 Å². The second-order valence-electron chi connectivity index (χ2n) is 5.90. The molecule has 0 aliphatic rings. The minimum Gasteiger partial charge on any atom is -0.324 e. The van der Waals surface area contributed by atoms with Crippen molar-refractivity contribution in [3.05, 3.63) is 80.9 Å². The van der Waals surface area contributed by atoms with Crippen LogP contribution < -0.4 is 10.9 Å². The lowest BCUT2D eigenvalue weighted by Crippen LogP contribution is -2.27. The number of hydrogen-bond donors (Lipinski definition) is 1. The van der Waals surface area contributed by atoms with Gasteiger partial charge in [0.15, 0.2) is 0 Å². The molecular weight excluding hydrogens is 473 g/mol. The van der Waals surface area contributed by atoms with Crippen LogP contribution in [0.15, 0.2) is 71.8 Å². The zero-order valence-corrected chi connectivity index (χ0v) is 17.0. The molecule has 0 saturated heterocycles. The maximum atomic E-state index is 12.8. The summed E-state index contributed by atoms with van der Waals surface area (Å²) < 4.78 is 2.28. The monoisotopic (exact) mass is 487 g/mol. The van der Waals surface area contributed by atoms with Gasteiger partial charge in [-0.25, -0.2) is 4.98 Å². The number of para-hydroxylation sites is 1. The Kier molecular flexibility index (Phi) is 5.04. The topological polar surface area (TPSA) is 64.0 Å². The van der Waals surface area contributed by atoms with E-state index in [2.05, 4.69) is 32.9 Å². The molecule has 1 amide bonds. The molecule has 4 rings (SSSR count). The van der Waals surface area contributed by atoms with Crippen LogP contribution in [0.25, 0.3) is 20.7 Å². The maximum Gasteiger partial charge on any atom is 0.262 e. The molecule has 0 aliphatic heterocycles. The van der Waals surface area contributed by atoms with Gasteiger partial charge in [0.25, 0.3) is 5.56 Å². The van der Waals surface area contributed by atoms with E-state index in [4.69, 9.17) is 0 Å². The van der Waals surface area contributed by atoms with E-state index in [0.29, 0.717) is 10.2 Å². The summed E-state index contributed by atoms with van der Waals surface area (Å²) in [4.78, 5) is 31.1. The van der Waals surface area contributed by atoms with Crippen molar-refractivity contribution in [1.82, 2.24) is 9.55 Å². The van der Waals surface area contributed by atoms with E-state index >= 15 is 0 Å². The van der Waals surface area contributed by atoms with Crippen LogP contribution in [0.5, 0.6) is 0 Å². The van der Waals surface area contributed by atoms with Gasteiger partial charge in [-0.3, -0.25) is 14.2 Å². The number of carbonyl (C=O) groups excluding carboxylic acids is 1. The predicted molar refractivity (Wildman–Crippen MR) is 117 cm³/mol. The molecule has 0 bridgehead atoms. The van der Waals surface area contributed by atoms with Gasteiger partial charge in [0.2, 0.25) is 5.91 Å². The Labute approximate surface area is 172 Å². The van der Waals surface area contributed by atoms with Gasteiger partial charge in [0.05, 0.1) is 17.4 Å². The predicted octanol–water partition coefficient (Wildman–Crippen LogP) is 4.37. The lowest BCUT2D eigenvalue weighted by Gasteiger charge is -2.08. The highest BCUT2D eigenvalue weighted by Crippen LogP contribution is 2.30. The SMILES string of the molecule is O=C(Cn1cnc2sc(-c3ccccc3)cc2c1=O)Nc1ccccc1I. The summed E-state index contributed by atoms with van der Waals surface area (Å²) in [5.41, 5.74) is 1.56. The average Bonchev–Trinajstić information content (AvgIpc) is 3.12. The van der Waals surface area contributed by atoms with Crippen molar-refractivity contribution in [1.29, 1.82) is 0 Å². The highest BCUT2D eigenvalue weighted by molar-refractivity contribution is 14.1. The number of hydrogen-bond acceptors (Lipinski definition) is 4. The molecule has 0 saturated carbocycles. The third-order valence-electron chi connectivity index (χ3n) is 4.04. The molecule has 0 radical (unpaired) electrons. The van der Waals surface area contributed by atoms with Crippen LogP contribution in [0.1, 0.15) is 0 Å². The fraction of sp³-hybridized carbons (Fsp3) is 0.0500. The van der Waals surface area contributed by atoms with Crippen molar-refractivity contribution in [2.75, 3.05) is 5.32 Å². The summed E-state index contributed by atoms with van der Waals surface area (Å²) >= 11 is 3.63. The van der Waals surface area contributed by atoms with Gasteiger partial charge in [-0.15, -0.1) is 11.3 Å². The Morgan fingerprint density at radius 2 is 1.85 bits per heavy atom. The molecule has 27 heavy (non-hydrogen) atoms. The summed E-state index contributed by atoms with van der Waals surface area (Å²) in [5.74, 6) is -0.263. The first-order chi connectivity index (χ1) is 13.1. The van der Waals surface area contributed by atoms with E-state index in [9.17, 15) is 9.59 Å². The minimum absolute atomic E-state index is 0.0801. The zero-order valence-electron chi connectivity index (χ0n) is 14.1. The number of halogens is 1. The molecule has 4 aromatic rings. The second-order valence-corrected chi connectivity index (χ2v) is 8.09. The van der Waals surface area contributed by atoms with Crippen LogP contribution >= 0.6 is 33.9 Å². The average molecular weight is 487 g/mol. The summed E-state index contributed by atoms with van der Waals surface area (Å²) in [6.07, 6.45) is 1.44. The lowest BCUT2D eigenvalue weighted by atomic mass is 10.2. The van der Waals surface area contributed by atoms with E-state index in [1.165, 1.54) is 22.2 Å². The number of carbonyl (C=O) groups is 1. The Hall–Kier alpha value is -2.52.